The van der Waals surface area contributed by atoms with Crippen LogP contribution >= 0.6 is 0 Å². The Morgan fingerprint density at radius 3 is 2.42 bits per heavy atom. The summed E-state index contributed by atoms with van der Waals surface area (Å²) in [4.78, 5) is 25.5. The first-order valence-electron chi connectivity index (χ1n) is 14.1. The standard InChI is InChI=1S/C29H41N5O4/c1-21-3-7-24(8-4-21)31-28-30-19-26(23-5-9-25(10-6-23)33-15-17-37-18-16-33)27(32-28)38-20-22-11-13-34(14-12-22)29(35)36-2/h5-6,9-10,19,21-22,24H,3-4,7-8,11-18,20H2,1-2H3,(H,30,31,32)/t21-,24+. The molecule has 1 aliphatic carbocycles. The van der Waals surface area contributed by atoms with Crippen LogP contribution in [-0.2, 0) is 9.47 Å². The molecule has 3 fully saturated rings. The zero-order chi connectivity index (χ0) is 26.3. The second kappa shape index (κ2) is 12.7. The molecule has 0 atom stereocenters. The molecule has 38 heavy (non-hydrogen) atoms. The molecule has 1 saturated carbocycles. The lowest BCUT2D eigenvalue weighted by Gasteiger charge is -2.31. The van der Waals surface area contributed by atoms with Crippen LogP contribution in [0.25, 0.3) is 11.1 Å². The first-order chi connectivity index (χ1) is 18.6. The lowest BCUT2D eigenvalue weighted by atomic mass is 9.87. The Balaban J connectivity index is 1.30. The molecule has 2 saturated heterocycles. The van der Waals surface area contributed by atoms with Crippen LogP contribution in [0, 0.1) is 11.8 Å². The molecule has 0 radical (unpaired) electrons. The average Bonchev–Trinajstić information content (AvgIpc) is 2.98. The zero-order valence-corrected chi connectivity index (χ0v) is 22.7. The Hall–Kier alpha value is -3.07. The third-order valence-electron chi connectivity index (χ3n) is 8.16. The number of carbonyl (C=O) groups is 1. The van der Waals surface area contributed by atoms with Crippen molar-refractivity contribution in [3.8, 4) is 17.0 Å². The lowest BCUT2D eigenvalue weighted by molar-refractivity contribution is 0.0960. The molecule has 1 aromatic carbocycles. The van der Waals surface area contributed by atoms with Gasteiger partial charge in [0.25, 0.3) is 0 Å². The van der Waals surface area contributed by atoms with Gasteiger partial charge in [-0.3, -0.25) is 0 Å². The topological polar surface area (TPSA) is 89.0 Å². The minimum absolute atomic E-state index is 0.254. The first kappa shape index (κ1) is 26.5. The maximum Gasteiger partial charge on any atom is 0.409 e. The summed E-state index contributed by atoms with van der Waals surface area (Å²) in [6.07, 6.45) is 8.16. The molecule has 2 aliphatic heterocycles. The summed E-state index contributed by atoms with van der Waals surface area (Å²) in [7, 11) is 1.43. The molecule has 9 nitrogen and oxygen atoms in total. The van der Waals surface area contributed by atoms with Gasteiger partial charge in [0, 0.05) is 44.1 Å². The molecular formula is C29H41N5O4. The second-order valence-corrected chi connectivity index (χ2v) is 10.9. The van der Waals surface area contributed by atoms with Crippen molar-refractivity contribution >= 4 is 17.7 Å². The molecule has 206 valence electrons. The largest absolute Gasteiger partial charge is 0.477 e. The molecule has 9 heteroatoms. The number of likely N-dealkylation sites (tertiary alicyclic amines) is 1. The van der Waals surface area contributed by atoms with Crippen LogP contribution in [0.5, 0.6) is 5.88 Å². The number of rotatable bonds is 7. The van der Waals surface area contributed by atoms with Gasteiger partial charge < -0.3 is 29.3 Å². The van der Waals surface area contributed by atoms with Crippen molar-refractivity contribution in [3.63, 3.8) is 0 Å². The van der Waals surface area contributed by atoms with Crippen LogP contribution in [0.1, 0.15) is 45.4 Å². The molecule has 2 aromatic rings. The third-order valence-corrected chi connectivity index (χ3v) is 8.16. The first-order valence-corrected chi connectivity index (χ1v) is 14.1. The highest BCUT2D eigenvalue weighted by molar-refractivity contribution is 5.70. The van der Waals surface area contributed by atoms with E-state index >= 15 is 0 Å². The molecule has 0 spiro atoms. The number of hydrogen-bond donors (Lipinski definition) is 1. The van der Waals surface area contributed by atoms with Crippen LogP contribution in [-0.4, -0.2) is 80.1 Å². The fourth-order valence-electron chi connectivity index (χ4n) is 5.61. The van der Waals surface area contributed by atoms with E-state index in [2.05, 4.69) is 46.4 Å². The summed E-state index contributed by atoms with van der Waals surface area (Å²) >= 11 is 0. The third kappa shape index (κ3) is 6.67. The van der Waals surface area contributed by atoms with Gasteiger partial charge in [-0.25, -0.2) is 9.78 Å². The Labute approximate surface area is 225 Å². The van der Waals surface area contributed by atoms with E-state index in [4.69, 9.17) is 19.2 Å². The number of hydrogen-bond acceptors (Lipinski definition) is 8. The summed E-state index contributed by atoms with van der Waals surface area (Å²) in [5.74, 6) is 2.40. The number of carbonyl (C=O) groups excluding carboxylic acids is 1. The Kier molecular flexibility index (Phi) is 8.83. The number of benzene rings is 1. The van der Waals surface area contributed by atoms with Crippen molar-refractivity contribution in [2.45, 2.75) is 51.5 Å². The number of nitrogens with zero attached hydrogens (tertiary/aromatic N) is 4. The van der Waals surface area contributed by atoms with Gasteiger partial charge in [0.2, 0.25) is 11.8 Å². The van der Waals surface area contributed by atoms with Crippen molar-refractivity contribution < 1.29 is 19.0 Å². The molecule has 5 rings (SSSR count). The van der Waals surface area contributed by atoms with E-state index in [0.29, 0.717) is 43.5 Å². The minimum Gasteiger partial charge on any atom is -0.477 e. The van der Waals surface area contributed by atoms with E-state index in [-0.39, 0.29) is 6.09 Å². The van der Waals surface area contributed by atoms with E-state index in [9.17, 15) is 4.79 Å². The van der Waals surface area contributed by atoms with E-state index < -0.39 is 0 Å². The smallest absolute Gasteiger partial charge is 0.409 e. The van der Waals surface area contributed by atoms with Gasteiger partial charge in [0.15, 0.2) is 0 Å². The van der Waals surface area contributed by atoms with Crippen molar-refractivity contribution in [1.29, 1.82) is 0 Å². The maximum absolute atomic E-state index is 11.8. The number of morpholine rings is 1. The Morgan fingerprint density at radius 1 is 1.03 bits per heavy atom. The highest BCUT2D eigenvalue weighted by Crippen LogP contribution is 2.32. The van der Waals surface area contributed by atoms with Crippen molar-refractivity contribution in [2.75, 3.05) is 63.3 Å². The van der Waals surface area contributed by atoms with E-state index in [1.807, 2.05) is 6.20 Å². The molecule has 0 bridgehead atoms. The van der Waals surface area contributed by atoms with Crippen LogP contribution in [0.4, 0.5) is 16.4 Å². The Morgan fingerprint density at radius 2 is 1.74 bits per heavy atom. The van der Waals surface area contributed by atoms with Crippen LogP contribution in [0.3, 0.4) is 0 Å². The second-order valence-electron chi connectivity index (χ2n) is 10.9. The summed E-state index contributed by atoms with van der Waals surface area (Å²) in [6, 6.07) is 8.96. The predicted octanol–water partition coefficient (Wildman–Crippen LogP) is 4.83. The number of anilines is 2. The fraction of sp³-hybridized carbons (Fsp3) is 0.621. The highest BCUT2D eigenvalue weighted by Gasteiger charge is 2.25. The summed E-state index contributed by atoms with van der Waals surface area (Å²) in [6.45, 7) is 7.61. The van der Waals surface area contributed by atoms with Gasteiger partial charge in [-0.1, -0.05) is 19.1 Å². The predicted molar refractivity (Wildman–Crippen MR) is 148 cm³/mol. The fourth-order valence-corrected chi connectivity index (χ4v) is 5.61. The SMILES string of the molecule is COC(=O)N1CCC(COc2nc(N[C@H]3CC[C@@H](C)CC3)ncc2-c2ccc(N3CCOCC3)cc2)CC1. The van der Waals surface area contributed by atoms with Crippen LogP contribution < -0.4 is 15.0 Å². The van der Waals surface area contributed by atoms with Gasteiger partial charge in [0.1, 0.15) is 0 Å². The number of nitrogens with one attached hydrogen (secondary N) is 1. The summed E-state index contributed by atoms with van der Waals surface area (Å²) in [5, 5.41) is 3.56. The van der Waals surface area contributed by atoms with Gasteiger partial charge in [-0.15, -0.1) is 0 Å². The van der Waals surface area contributed by atoms with Gasteiger partial charge in [-0.2, -0.15) is 4.98 Å². The number of methoxy groups -OCH3 is 1. The number of piperidine rings is 1. The molecule has 1 amide bonds. The average molecular weight is 524 g/mol. The summed E-state index contributed by atoms with van der Waals surface area (Å²) in [5.41, 5.74) is 3.13. The molecule has 1 aromatic heterocycles. The normalized spacial score (nSPS) is 22.7. The quantitative estimate of drug-likeness (QED) is 0.552. The van der Waals surface area contributed by atoms with Gasteiger partial charge in [0.05, 0.1) is 32.5 Å². The molecule has 0 unspecified atom stereocenters. The van der Waals surface area contributed by atoms with Crippen LogP contribution in [0.15, 0.2) is 30.5 Å². The number of aromatic nitrogens is 2. The molecular weight excluding hydrogens is 482 g/mol. The molecule has 3 heterocycles. The van der Waals surface area contributed by atoms with Gasteiger partial charge in [-0.05, 0) is 68.1 Å². The van der Waals surface area contributed by atoms with Crippen LogP contribution in [0.2, 0.25) is 0 Å². The monoisotopic (exact) mass is 523 g/mol. The van der Waals surface area contributed by atoms with E-state index in [0.717, 1.165) is 69.0 Å². The maximum atomic E-state index is 11.8. The summed E-state index contributed by atoms with van der Waals surface area (Å²) < 4.78 is 16.8. The van der Waals surface area contributed by atoms with Gasteiger partial charge >= 0.3 is 6.09 Å². The molecule has 3 aliphatic rings. The number of amides is 1. The van der Waals surface area contributed by atoms with E-state index in [1.165, 1.54) is 25.6 Å². The molecule has 1 N–H and O–H groups in total. The minimum atomic E-state index is -0.254. The van der Waals surface area contributed by atoms with Crippen molar-refractivity contribution in [1.82, 2.24) is 14.9 Å². The Bertz CT molecular complexity index is 1040. The lowest BCUT2D eigenvalue weighted by Crippen LogP contribution is -2.39. The van der Waals surface area contributed by atoms with Crippen molar-refractivity contribution in [3.05, 3.63) is 30.5 Å². The highest BCUT2D eigenvalue weighted by atomic mass is 16.5. The van der Waals surface area contributed by atoms with E-state index in [1.54, 1.807) is 4.90 Å². The zero-order valence-electron chi connectivity index (χ0n) is 22.7. The van der Waals surface area contributed by atoms with Crippen molar-refractivity contribution in [2.24, 2.45) is 11.8 Å². The number of ether oxygens (including phenoxy) is 3.